The molecule has 0 atom stereocenters. The smallest absolute Gasteiger partial charge is 0.119 e. The first-order valence-corrected chi connectivity index (χ1v) is 6.20. The highest BCUT2D eigenvalue weighted by Gasteiger charge is 1.88. The zero-order chi connectivity index (χ0) is 11.2. The molecule has 0 aromatic heterocycles. The standard InChI is InChI=1S/C13H25NO/c14-12-10-8-6-4-2-1-3-5-7-9-11-13-15/h2,4,13H,1,3,5-12,14H2/b4-2-. The fourth-order valence-electron chi connectivity index (χ4n) is 1.49. The van der Waals surface area contributed by atoms with Gasteiger partial charge in [-0.1, -0.05) is 25.0 Å². The van der Waals surface area contributed by atoms with Crippen LogP contribution in [0, 0.1) is 0 Å². The van der Waals surface area contributed by atoms with Crippen molar-refractivity contribution >= 4 is 6.29 Å². The van der Waals surface area contributed by atoms with Gasteiger partial charge in [-0.3, -0.25) is 0 Å². The zero-order valence-electron chi connectivity index (χ0n) is 9.79. The second kappa shape index (κ2) is 13.4. The fraction of sp³-hybridized carbons (Fsp3) is 0.769. The highest BCUT2D eigenvalue weighted by atomic mass is 16.1. The van der Waals surface area contributed by atoms with Crippen LogP contribution in [-0.4, -0.2) is 12.8 Å². The molecule has 0 unspecified atom stereocenters. The van der Waals surface area contributed by atoms with E-state index in [-0.39, 0.29) is 0 Å². The predicted molar refractivity (Wildman–Crippen MR) is 65.8 cm³/mol. The number of carbonyl (C=O) groups is 1. The largest absolute Gasteiger partial charge is 0.330 e. The van der Waals surface area contributed by atoms with E-state index >= 15 is 0 Å². The molecule has 0 fully saturated rings. The molecule has 0 rings (SSSR count). The second-order valence-corrected chi connectivity index (χ2v) is 3.91. The molecule has 2 nitrogen and oxygen atoms in total. The van der Waals surface area contributed by atoms with Crippen molar-refractivity contribution in [3.05, 3.63) is 12.2 Å². The van der Waals surface area contributed by atoms with E-state index in [1.165, 1.54) is 38.5 Å². The fourth-order valence-corrected chi connectivity index (χ4v) is 1.49. The molecule has 2 heteroatoms. The summed E-state index contributed by atoms with van der Waals surface area (Å²) in [6, 6.07) is 0. The van der Waals surface area contributed by atoms with Crippen LogP contribution in [0.15, 0.2) is 12.2 Å². The van der Waals surface area contributed by atoms with Gasteiger partial charge in [0, 0.05) is 6.42 Å². The summed E-state index contributed by atoms with van der Waals surface area (Å²) in [6.07, 6.45) is 15.7. The SMILES string of the molecule is NCCCC/C=C\CCCCCCC=O. The monoisotopic (exact) mass is 211 g/mol. The van der Waals surface area contributed by atoms with Crippen molar-refractivity contribution in [3.8, 4) is 0 Å². The molecule has 0 aliphatic heterocycles. The van der Waals surface area contributed by atoms with Crippen LogP contribution in [0.1, 0.15) is 57.8 Å². The van der Waals surface area contributed by atoms with E-state index in [4.69, 9.17) is 5.73 Å². The molecule has 0 amide bonds. The van der Waals surface area contributed by atoms with Crippen LogP contribution in [0.5, 0.6) is 0 Å². The third kappa shape index (κ3) is 13.4. The zero-order valence-corrected chi connectivity index (χ0v) is 9.79. The van der Waals surface area contributed by atoms with Gasteiger partial charge in [-0.15, -0.1) is 0 Å². The van der Waals surface area contributed by atoms with Crippen molar-refractivity contribution in [2.45, 2.75) is 57.8 Å². The van der Waals surface area contributed by atoms with Gasteiger partial charge in [-0.2, -0.15) is 0 Å². The number of allylic oxidation sites excluding steroid dienone is 2. The number of rotatable bonds is 11. The van der Waals surface area contributed by atoms with Gasteiger partial charge in [0.05, 0.1) is 0 Å². The Hall–Kier alpha value is -0.630. The van der Waals surface area contributed by atoms with Crippen molar-refractivity contribution in [2.24, 2.45) is 5.73 Å². The Labute approximate surface area is 93.9 Å². The molecule has 0 saturated heterocycles. The van der Waals surface area contributed by atoms with Gasteiger partial charge in [-0.05, 0) is 45.1 Å². The van der Waals surface area contributed by atoms with Crippen LogP contribution in [0.2, 0.25) is 0 Å². The summed E-state index contributed by atoms with van der Waals surface area (Å²) in [4.78, 5) is 10.0. The molecule has 0 aromatic rings. The Morgan fingerprint density at radius 1 is 0.733 bits per heavy atom. The van der Waals surface area contributed by atoms with E-state index in [9.17, 15) is 4.79 Å². The van der Waals surface area contributed by atoms with E-state index in [0.29, 0.717) is 0 Å². The average Bonchev–Trinajstić information content (AvgIpc) is 2.26. The highest BCUT2D eigenvalue weighted by molar-refractivity contribution is 5.48. The lowest BCUT2D eigenvalue weighted by Crippen LogP contribution is -1.96. The molecule has 0 heterocycles. The number of carbonyl (C=O) groups excluding carboxylic acids is 1. The number of unbranched alkanes of at least 4 members (excludes halogenated alkanes) is 7. The third-order valence-electron chi connectivity index (χ3n) is 2.43. The minimum Gasteiger partial charge on any atom is -0.330 e. The average molecular weight is 211 g/mol. The molecule has 0 aliphatic carbocycles. The van der Waals surface area contributed by atoms with Gasteiger partial charge >= 0.3 is 0 Å². The van der Waals surface area contributed by atoms with Gasteiger partial charge < -0.3 is 10.5 Å². The van der Waals surface area contributed by atoms with Crippen LogP contribution in [0.4, 0.5) is 0 Å². The quantitative estimate of drug-likeness (QED) is 0.324. The summed E-state index contributed by atoms with van der Waals surface area (Å²) in [6.45, 7) is 0.810. The van der Waals surface area contributed by atoms with E-state index in [2.05, 4.69) is 12.2 Å². The maximum Gasteiger partial charge on any atom is 0.119 e. The van der Waals surface area contributed by atoms with E-state index in [1.807, 2.05) is 0 Å². The third-order valence-corrected chi connectivity index (χ3v) is 2.43. The Morgan fingerprint density at radius 3 is 1.80 bits per heavy atom. The molecule has 0 aromatic carbocycles. The van der Waals surface area contributed by atoms with Crippen molar-refractivity contribution in [2.75, 3.05) is 6.54 Å². The Bertz CT molecular complexity index is 155. The van der Waals surface area contributed by atoms with Crippen molar-refractivity contribution in [3.63, 3.8) is 0 Å². The number of aldehydes is 1. The van der Waals surface area contributed by atoms with E-state index in [1.54, 1.807) is 0 Å². The van der Waals surface area contributed by atoms with Gasteiger partial charge in [0.2, 0.25) is 0 Å². The van der Waals surface area contributed by atoms with E-state index < -0.39 is 0 Å². The van der Waals surface area contributed by atoms with Crippen molar-refractivity contribution < 1.29 is 4.79 Å². The minimum atomic E-state index is 0.731. The van der Waals surface area contributed by atoms with Gasteiger partial charge in [0.1, 0.15) is 6.29 Å². The lowest BCUT2D eigenvalue weighted by Gasteiger charge is -1.96. The van der Waals surface area contributed by atoms with Gasteiger partial charge in [0.15, 0.2) is 0 Å². The first-order valence-electron chi connectivity index (χ1n) is 6.20. The maximum absolute atomic E-state index is 10.0. The van der Waals surface area contributed by atoms with Crippen LogP contribution in [0.3, 0.4) is 0 Å². The summed E-state index contributed by atoms with van der Waals surface area (Å²) in [5.74, 6) is 0. The topological polar surface area (TPSA) is 43.1 Å². The summed E-state index contributed by atoms with van der Waals surface area (Å²) in [5.41, 5.74) is 5.40. The molecule has 15 heavy (non-hydrogen) atoms. The first kappa shape index (κ1) is 14.4. The summed E-state index contributed by atoms with van der Waals surface area (Å²) in [5, 5.41) is 0. The van der Waals surface area contributed by atoms with Crippen LogP contribution < -0.4 is 5.73 Å². The van der Waals surface area contributed by atoms with Crippen LogP contribution in [0.25, 0.3) is 0 Å². The predicted octanol–water partition coefficient (Wildman–Crippen LogP) is 3.21. The van der Waals surface area contributed by atoms with Crippen LogP contribution >= 0.6 is 0 Å². The molecular formula is C13H25NO. The van der Waals surface area contributed by atoms with E-state index in [0.717, 1.165) is 32.1 Å². The van der Waals surface area contributed by atoms with Crippen LogP contribution in [-0.2, 0) is 4.79 Å². The molecule has 88 valence electrons. The Balaban J connectivity index is 2.99. The molecule has 0 saturated carbocycles. The molecule has 0 bridgehead atoms. The molecule has 0 aliphatic rings. The number of nitrogens with two attached hydrogens (primary N) is 1. The van der Waals surface area contributed by atoms with Gasteiger partial charge in [-0.25, -0.2) is 0 Å². The highest BCUT2D eigenvalue weighted by Crippen LogP contribution is 2.05. The summed E-state index contributed by atoms with van der Waals surface area (Å²) < 4.78 is 0. The Morgan fingerprint density at radius 2 is 1.27 bits per heavy atom. The number of hydrogen-bond donors (Lipinski definition) is 1. The van der Waals surface area contributed by atoms with Crippen molar-refractivity contribution in [1.82, 2.24) is 0 Å². The Kier molecular flexibility index (Phi) is 12.8. The maximum atomic E-state index is 10.0. The number of hydrogen-bond acceptors (Lipinski definition) is 2. The first-order chi connectivity index (χ1) is 7.41. The second-order valence-electron chi connectivity index (χ2n) is 3.91. The molecule has 0 spiro atoms. The molecular weight excluding hydrogens is 186 g/mol. The summed E-state index contributed by atoms with van der Waals surface area (Å²) >= 11 is 0. The molecule has 0 radical (unpaired) electrons. The summed E-state index contributed by atoms with van der Waals surface area (Å²) in [7, 11) is 0. The normalized spacial score (nSPS) is 11.0. The van der Waals surface area contributed by atoms with Gasteiger partial charge in [0.25, 0.3) is 0 Å². The minimum absolute atomic E-state index is 0.731. The van der Waals surface area contributed by atoms with Crippen molar-refractivity contribution in [1.29, 1.82) is 0 Å². The molecule has 2 N–H and O–H groups in total. The lowest BCUT2D eigenvalue weighted by molar-refractivity contribution is -0.107. The lowest BCUT2D eigenvalue weighted by atomic mass is 10.1.